The van der Waals surface area contributed by atoms with Gasteiger partial charge in [-0.05, 0) is 57.2 Å². The van der Waals surface area contributed by atoms with Gasteiger partial charge in [-0.25, -0.2) is 0 Å². The molecule has 32 heavy (non-hydrogen) atoms. The largest absolute Gasteiger partial charge is 0.488 e. The van der Waals surface area contributed by atoms with E-state index in [0.717, 1.165) is 29.9 Å². The van der Waals surface area contributed by atoms with E-state index in [-0.39, 0.29) is 23.7 Å². The van der Waals surface area contributed by atoms with Gasteiger partial charge in [0.1, 0.15) is 12.4 Å². The Bertz CT molecular complexity index is 1140. The molecule has 0 N–H and O–H groups in total. The lowest BCUT2D eigenvalue weighted by Gasteiger charge is -2.22. The molecule has 7 nitrogen and oxygen atoms in total. The molecule has 0 aliphatic carbocycles. The number of benzene rings is 2. The van der Waals surface area contributed by atoms with Crippen LogP contribution in [0.3, 0.4) is 0 Å². The lowest BCUT2D eigenvalue weighted by atomic mass is 10.1. The Balaban J connectivity index is 1.95. The van der Waals surface area contributed by atoms with Crippen LogP contribution in [0.5, 0.6) is 5.75 Å². The van der Waals surface area contributed by atoms with Crippen molar-refractivity contribution in [3.05, 3.63) is 79.1 Å². The zero-order chi connectivity index (χ0) is 23.3. The Labute approximate surface area is 196 Å². The maximum Gasteiger partial charge on any atom is 0.338 e. The number of halogens is 2. The summed E-state index contributed by atoms with van der Waals surface area (Å²) in [6.07, 6.45) is 3.23. The fourth-order valence-corrected chi connectivity index (χ4v) is 3.71. The highest BCUT2D eigenvalue weighted by molar-refractivity contribution is 6.35. The normalized spacial score (nSPS) is 11.2. The summed E-state index contributed by atoms with van der Waals surface area (Å²) in [6.45, 7) is 7.62. The summed E-state index contributed by atoms with van der Waals surface area (Å²) in [6, 6.07) is 11.1. The number of aryl methyl sites for hydroxylation is 1. The Morgan fingerprint density at radius 1 is 1.16 bits per heavy atom. The second kappa shape index (κ2) is 10.5. The summed E-state index contributed by atoms with van der Waals surface area (Å²) in [7, 11) is 0. The van der Waals surface area contributed by atoms with Crippen molar-refractivity contribution in [3.8, 4) is 5.75 Å². The molecule has 1 heterocycles. The van der Waals surface area contributed by atoms with E-state index in [9.17, 15) is 10.1 Å². The minimum atomic E-state index is -0.505. The maximum absolute atomic E-state index is 11.3. The number of nitrogens with zero attached hydrogens (tertiary/aromatic N) is 3. The van der Waals surface area contributed by atoms with Crippen molar-refractivity contribution >= 4 is 46.7 Å². The van der Waals surface area contributed by atoms with Crippen LogP contribution in [-0.2, 0) is 6.61 Å². The van der Waals surface area contributed by atoms with Crippen molar-refractivity contribution in [1.29, 1.82) is 0 Å². The van der Waals surface area contributed by atoms with Gasteiger partial charge in [-0.3, -0.25) is 10.1 Å². The van der Waals surface area contributed by atoms with Crippen LogP contribution in [0.2, 0.25) is 10.0 Å². The topological polar surface area (TPSA) is 81.6 Å². The van der Waals surface area contributed by atoms with E-state index >= 15 is 0 Å². The molecule has 168 valence electrons. The maximum atomic E-state index is 11.3. The molecule has 0 amide bonds. The minimum absolute atomic E-state index is 0.0759. The van der Waals surface area contributed by atoms with Crippen LogP contribution >= 0.6 is 23.2 Å². The van der Waals surface area contributed by atoms with Gasteiger partial charge in [0.2, 0.25) is 5.76 Å². The number of hydrogen-bond donors (Lipinski definition) is 0. The van der Waals surface area contributed by atoms with E-state index in [4.69, 9.17) is 32.5 Å². The number of aromatic nitrogens is 1. The van der Waals surface area contributed by atoms with E-state index in [2.05, 4.69) is 23.9 Å². The molecule has 0 aliphatic rings. The summed E-state index contributed by atoms with van der Waals surface area (Å²) < 4.78 is 11.2. The molecule has 0 saturated carbocycles. The molecular formula is C23H23Cl2N3O4. The zero-order valence-corrected chi connectivity index (χ0v) is 19.5. The third kappa shape index (κ3) is 5.41. The van der Waals surface area contributed by atoms with Gasteiger partial charge in [0.05, 0.1) is 4.92 Å². The third-order valence-corrected chi connectivity index (χ3v) is 5.56. The van der Waals surface area contributed by atoms with E-state index in [1.165, 1.54) is 13.0 Å². The van der Waals surface area contributed by atoms with Gasteiger partial charge in [-0.15, -0.1) is 0 Å². The van der Waals surface area contributed by atoms with Crippen LogP contribution in [0, 0.1) is 17.0 Å². The SMILES string of the molecule is CCN(CC)c1ccc(/C=C\c2onc(C)c2[N+](=O)[O-])c(OCc2ccc(Cl)cc2Cl)c1. The van der Waals surface area contributed by atoms with E-state index in [0.29, 0.717) is 15.8 Å². The second-order valence-electron chi connectivity index (χ2n) is 6.99. The monoisotopic (exact) mass is 475 g/mol. The molecule has 0 aliphatic heterocycles. The van der Waals surface area contributed by atoms with Crippen LogP contribution in [0.15, 0.2) is 40.9 Å². The lowest BCUT2D eigenvalue weighted by Crippen LogP contribution is -2.21. The number of rotatable bonds is 9. The standard InChI is InChI=1S/C23H23Cl2N3O4/c1-4-27(5-2)19-10-7-16(8-11-21-23(28(29)30)15(3)26-32-21)22(13-19)31-14-17-6-9-18(24)12-20(17)25/h6-13H,4-5,14H2,1-3H3/b11-8-. The molecule has 0 atom stereocenters. The number of hydrogen-bond acceptors (Lipinski definition) is 6. The summed E-state index contributed by atoms with van der Waals surface area (Å²) in [5.74, 6) is 0.683. The van der Waals surface area contributed by atoms with Crippen molar-refractivity contribution in [2.75, 3.05) is 18.0 Å². The van der Waals surface area contributed by atoms with Crippen LogP contribution < -0.4 is 9.64 Å². The van der Waals surface area contributed by atoms with Crippen molar-refractivity contribution in [1.82, 2.24) is 5.16 Å². The van der Waals surface area contributed by atoms with Gasteiger partial charge in [0, 0.05) is 46.0 Å². The van der Waals surface area contributed by atoms with Gasteiger partial charge in [0.15, 0.2) is 5.69 Å². The molecule has 0 radical (unpaired) electrons. The fourth-order valence-electron chi connectivity index (χ4n) is 3.24. The van der Waals surface area contributed by atoms with Crippen LogP contribution in [0.1, 0.15) is 36.4 Å². The molecule has 9 heteroatoms. The molecule has 1 aromatic heterocycles. The molecule has 0 saturated heterocycles. The van der Waals surface area contributed by atoms with Gasteiger partial charge in [-0.2, -0.15) is 0 Å². The van der Waals surface area contributed by atoms with Gasteiger partial charge in [0.25, 0.3) is 0 Å². The number of nitro groups is 1. The summed E-state index contributed by atoms with van der Waals surface area (Å²) >= 11 is 12.3. The van der Waals surface area contributed by atoms with Gasteiger partial charge >= 0.3 is 5.69 Å². The smallest absolute Gasteiger partial charge is 0.338 e. The average Bonchev–Trinajstić information content (AvgIpc) is 3.13. The van der Waals surface area contributed by atoms with E-state index in [1.54, 1.807) is 18.2 Å². The molecular weight excluding hydrogens is 453 g/mol. The van der Waals surface area contributed by atoms with Crippen molar-refractivity contribution in [2.45, 2.75) is 27.4 Å². The Morgan fingerprint density at radius 2 is 1.91 bits per heavy atom. The molecule has 3 rings (SSSR count). The van der Waals surface area contributed by atoms with Crippen LogP contribution in [0.25, 0.3) is 12.2 Å². The molecule has 3 aromatic rings. The first-order valence-electron chi connectivity index (χ1n) is 10.1. The van der Waals surface area contributed by atoms with Crippen LogP contribution in [-0.4, -0.2) is 23.2 Å². The molecule has 2 aromatic carbocycles. The summed E-state index contributed by atoms with van der Waals surface area (Å²) in [4.78, 5) is 13.0. The Hall–Kier alpha value is -3.03. The average molecular weight is 476 g/mol. The molecule has 0 bridgehead atoms. The minimum Gasteiger partial charge on any atom is -0.488 e. The summed E-state index contributed by atoms with van der Waals surface area (Å²) in [5, 5.41) is 16.1. The quantitative estimate of drug-likeness (QED) is 0.250. The second-order valence-corrected chi connectivity index (χ2v) is 7.83. The van der Waals surface area contributed by atoms with Crippen molar-refractivity contribution < 1.29 is 14.2 Å². The third-order valence-electron chi connectivity index (χ3n) is 4.98. The molecule has 0 unspecified atom stereocenters. The van der Waals surface area contributed by atoms with Crippen LogP contribution in [0.4, 0.5) is 11.4 Å². The lowest BCUT2D eigenvalue weighted by molar-refractivity contribution is -0.386. The van der Waals surface area contributed by atoms with Gasteiger partial charge in [-0.1, -0.05) is 34.4 Å². The first-order chi connectivity index (χ1) is 15.3. The highest BCUT2D eigenvalue weighted by Crippen LogP contribution is 2.31. The predicted octanol–water partition coefficient (Wildman–Crippen LogP) is 6.79. The highest BCUT2D eigenvalue weighted by atomic mass is 35.5. The number of anilines is 1. The van der Waals surface area contributed by atoms with Crippen molar-refractivity contribution in [3.63, 3.8) is 0 Å². The Kier molecular flexibility index (Phi) is 7.77. The van der Waals surface area contributed by atoms with E-state index < -0.39 is 4.92 Å². The fraction of sp³-hybridized carbons (Fsp3) is 0.261. The Morgan fingerprint density at radius 3 is 2.56 bits per heavy atom. The van der Waals surface area contributed by atoms with Gasteiger partial charge < -0.3 is 14.2 Å². The van der Waals surface area contributed by atoms with Crippen molar-refractivity contribution in [2.24, 2.45) is 0 Å². The first kappa shape index (κ1) is 23.6. The molecule has 0 spiro atoms. The summed E-state index contributed by atoms with van der Waals surface area (Å²) in [5.41, 5.74) is 2.60. The highest BCUT2D eigenvalue weighted by Gasteiger charge is 2.22. The zero-order valence-electron chi connectivity index (χ0n) is 18.0. The number of ether oxygens (including phenoxy) is 1. The predicted molar refractivity (Wildman–Crippen MR) is 128 cm³/mol. The molecule has 0 fully saturated rings. The first-order valence-corrected chi connectivity index (χ1v) is 10.8. The van der Waals surface area contributed by atoms with E-state index in [1.807, 2.05) is 24.3 Å².